The minimum Gasteiger partial charge on any atom is -0.328 e. The number of aryl methyl sites for hydroxylation is 1. The molecule has 2 amide bonds. The summed E-state index contributed by atoms with van der Waals surface area (Å²) in [6.45, 7) is 3.03. The van der Waals surface area contributed by atoms with Crippen molar-refractivity contribution in [3.63, 3.8) is 0 Å². The quantitative estimate of drug-likeness (QED) is 0.930. The number of likely N-dealkylation sites (tertiary alicyclic amines) is 1. The van der Waals surface area contributed by atoms with Crippen LogP contribution in [0.15, 0.2) is 24.5 Å². The van der Waals surface area contributed by atoms with Gasteiger partial charge in [-0.15, -0.1) is 10.2 Å². The zero-order valence-corrected chi connectivity index (χ0v) is 13.5. The largest absolute Gasteiger partial charge is 0.328 e. The Morgan fingerprint density at radius 1 is 1.38 bits per heavy atom. The van der Waals surface area contributed by atoms with E-state index in [1.165, 1.54) is 6.07 Å². The lowest BCUT2D eigenvalue weighted by Crippen LogP contribution is -2.54. The van der Waals surface area contributed by atoms with Gasteiger partial charge in [0.05, 0.1) is 6.04 Å². The van der Waals surface area contributed by atoms with Crippen molar-refractivity contribution in [3.05, 3.63) is 47.5 Å². The molecule has 1 aliphatic heterocycles. The lowest BCUT2D eigenvalue weighted by molar-refractivity contribution is 0.118. The maximum atomic E-state index is 13.2. The van der Waals surface area contributed by atoms with Gasteiger partial charge in [-0.05, 0) is 37.0 Å². The van der Waals surface area contributed by atoms with E-state index in [1.54, 1.807) is 21.9 Å². The third kappa shape index (κ3) is 3.37. The van der Waals surface area contributed by atoms with E-state index in [2.05, 4.69) is 15.5 Å². The van der Waals surface area contributed by atoms with Crippen LogP contribution in [0.1, 0.15) is 24.4 Å². The van der Waals surface area contributed by atoms with Crippen molar-refractivity contribution in [1.82, 2.24) is 25.0 Å². The second-order valence-electron chi connectivity index (χ2n) is 6.19. The van der Waals surface area contributed by atoms with Gasteiger partial charge in [0.15, 0.2) is 17.5 Å². The van der Waals surface area contributed by atoms with Gasteiger partial charge < -0.3 is 14.8 Å². The summed E-state index contributed by atoms with van der Waals surface area (Å²) < 4.78 is 27.9. The van der Waals surface area contributed by atoms with Crippen LogP contribution in [0.3, 0.4) is 0 Å². The number of rotatable bonds is 4. The van der Waals surface area contributed by atoms with E-state index >= 15 is 0 Å². The zero-order valence-electron chi connectivity index (χ0n) is 13.5. The summed E-state index contributed by atoms with van der Waals surface area (Å²) in [5.41, 5.74) is 0.742. The molecule has 1 fully saturated rings. The Kier molecular flexibility index (Phi) is 4.46. The number of aromatic nitrogens is 3. The molecule has 1 aromatic heterocycles. The molecule has 6 nitrogen and oxygen atoms in total. The number of carbonyl (C=O) groups excluding carboxylic acids is 1. The van der Waals surface area contributed by atoms with Crippen molar-refractivity contribution in [1.29, 1.82) is 0 Å². The maximum Gasteiger partial charge on any atom is 0.317 e. The highest BCUT2D eigenvalue weighted by molar-refractivity contribution is 5.75. The number of nitrogens with zero attached hydrogens (tertiary/aromatic N) is 4. The smallest absolute Gasteiger partial charge is 0.317 e. The third-order valence-electron chi connectivity index (χ3n) is 4.23. The number of hydrogen-bond acceptors (Lipinski definition) is 3. The van der Waals surface area contributed by atoms with E-state index in [0.29, 0.717) is 25.3 Å². The summed E-state index contributed by atoms with van der Waals surface area (Å²) in [5, 5.41) is 10.6. The Morgan fingerprint density at radius 3 is 2.75 bits per heavy atom. The van der Waals surface area contributed by atoms with Crippen molar-refractivity contribution in [2.45, 2.75) is 19.4 Å². The molecule has 2 aromatic rings. The van der Waals surface area contributed by atoms with Crippen LogP contribution in [0.4, 0.5) is 13.6 Å². The number of amides is 2. The molecule has 0 aliphatic carbocycles. The van der Waals surface area contributed by atoms with E-state index < -0.39 is 11.6 Å². The molecule has 24 heavy (non-hydrogen) atoms. The summed E-state index contributed by atoms with van der Waals surface area (Å²) >= 11 is 0. The molecule has 0 bridgehead atoms. The fraction of sp³-hybridized carbons (Fsp3) is 0.438. The Bertz CT molecular complexity index is 742. The molecule has 1 N–H and O–H groups in total. The van der Waals surface area contributed by atoms with Crippen molar-refractivity contribution in [3.8, 4) is 0 Å². The van der Waals surface area contributed by atoms with Crippen LogP contribution in [0, 0.1) is 17.6 Å². The SMILES string of the molecule is CC(NC(=O)N1CC(Cc2ccc(F)c(F)c2)C1)c1nncn1C. The first-order valence-electron chi connectivity index (χ1n) is 7.77. The maximum absolute atomic E-state index is 13.2. The van der Waals surface area contributed by atoms with Crippen molar-refractivity contribution in [2.24, 2.45) is 13.0 Å². The molecule has 2 heterocycles. The Labute approximate surface area is 138 Å². The topological polar surface area (TPSA) is 63.1 Å². The predicted molar refractivity (Wildman–Crippen MR) is 83.1 cm³/mol. The van der Waals surface area contributed by atoms with E-state index in [0.717, 1.165) is 11.6 Å². The standard InChI is InChI=1S/C16H19F2N5O/c1-10(15-21-19-9-22(15)2)20-16(24)23-7-12(8-23)5-11-3-4-13(17)14(18)6-11/h3-4,6,9-10,12H,5,7-8H2,1-2H3,(H,20,24). The second-order valence-corrected chi connectivity index (χ2v) is 6.19. The van der Waals surface area contributed by atoms with Crippen LogP contribution < -0.4 is 5.32 Å². The van der Waals surface area contributed by atoms with Gasteiger partial charge in [0.1, 0.15) is 6.33 Å². The summed E-state index contributed by atoms with van der Waals surface area (Å²) in [6, 6.07) is 3.53. The molecule has 1 saturated heterocycles. The van der Waals surface area contributed by atoms with Gasteiger partial charge in [0.2, 0.25) is 0 Å². The molecule has 0 radical (unpaired) electrons. The molecule has 8 heteroatoms. The van der Waals surface area contributed by atoms with Crippen molar-refractivity contribution < 1.29 is 13.6 Å². The number of carbonyl (C=O) groups is 1. The highest BCUT2D eigenvalue weighted by Gasteiger charge is 2.31. The van der Waals surface area contributed by atoms with Crippen LogP contribution in [-0.4, -0.2) is 38.8 Å². The summed E-state index contributed by atoms with van der Waals surface area (Å²) in [6.07, 6.45) is 2.21. The zero-order chi connectivity index (χ0) is 17.3. The molecule has 1 unspecified atom stereocenters. The average Bonchev–Trinajstić information content (AvgIpc) is 2.92. The lowest BCUT2D eigenvalue weighted by Gasteiger charge is -2.39. The van der Waals surface area contributed by atoms with Crippen LogP contribution in [-0.2, 0) is 13.5 Å². The molecule has 1 aliphatic rings. The van der Waals surface area contributed by atoms with Crippen LogP contribution in [0.2, 0.25) is 0 Å². The van der Waals surface area contributed by atoms with Gasteiger partial charge in [-0.25, -0.2) is 13.6 Å². The third-order valence-corrected chi connectivity index (χ3v) is 4.23. The van der Waals surface area contributed by atoms with E-state index in [9.17, 15) is 13.6 Å². The predicted octanol–water partition coefficient (Wildman–Crippen LogP) is 2.04. The van der Waals surface area contributed by atoms with Gasteiger partial charge in [-0.2, -0.15) is 0 Å². The first-order valence-corrected chi connectivity index (χ1v) is 7.77. The molecule has 128 valence electrons. The number of benzene rings is 1. The minimum atomic E-state index is -0.842. The average molecular weight is 335 g/mol. The lowest BCUT2D eigenvalue weighted by atomic mass is 9.92. The van der Waals surface area contributed by atoms with Gasteiger partial charge >= 0.3 is 6.03 Å². The summed E-state index contributed by atoms with van der Waals surface area (Å²) in [7, 11) is 1.82. The van der Waals surface area contributed by atoms with E-state index in [-0.39, 0.29) is 18.0 Å². The first-order chi connectivity index (χ1) is 11.4. The van der Waals surface area contributed by atoms with Crippen LogP contribution in [0.25, 0.3) is 0 Å². The number of urea groups is 1. The molecule has 1 atom stereocenters. The molecule has 0 saturated carbocycles. The van der Waals surface area contributed by atoms with E-state index in [4.69, 9.17) is 0 Å². The normalized spacial score (nSPS) is 15.9. The Morgan fingerprint density at radius 2 is 2.12 bits per heavy atom. The molecule has 1 aromatic carbocycles. The summed E-state index contributed by atoms with van der Waals surface area (Å²) in [4.78, 5) is 13.9. The van der Waals surface area contributed by atoms with Crippen LogP contribution >= 0.6 is 0 Å². The Balaban J connectivity index is 1.48. The van der Waals surface area contributed by atoms with Gasteiger partial charge in [-0.3, -0.25) is 0 Å². The monoisotopic (exact) mass is 335 g/mol. The number of halogens is 2. The minimum absolute atomic E-state index is 0.160. The first kappa shape index (κ1) is 16.4. The van der Waals surface area contributed by atoms with Crippen LogP contribution in [0.5, 0.6) is 0 Å². The van der Waals surface area contributed by atoms with E-state index in [1.807, 2.05) is 14.0 Å². The van der Waals surface area contributed by atoms with Crippen molar-refractivity contribution >= 4 is 6.03 Å². The fourth-order valence-corrected chi connectivity index (χ4v) is 2.89. The second kappa shape index (κ2) is 6.54. The van der Waals surface area contributed by atoms with Gasteiger partial charge in [0, 0.05) is 20.1 Å². The summed E-state index contributed by atoms with van der Waals surface area (Å²) in [5.74, 6) is -0.738. The molecule has 3 rings (SSSR count). The fourth-order valence-electron chi connectivity index (χ4n) is 2.89. The highest BCUT2D eigenvalue weighted by Crippen LogP contribution is 2.22. The van der Waals surface area contributed by atoms with Gasteiger partial charge in [-0.1, -0.05) is 6.07 Å². The number of nitrogens with one attached hydrogen (secondary N) is 1. The molecular formula is C16H19F2N5O. The van der Waals surface area contributed by atoms with Gasteiger partial charge in [0.25, 0.3) is 0 Å². The van der Waals surface area contributed by atoms with Crippen molar-refractivity contribution in [2.75, 3.05) is 13.1 Å². The highest BCUT2D eigenvalue weighted by atomic mass is 19.2. The Hall–Kier alpha value is -2.51. The molecular weight excluding hydrogens is 316 g/mol. The number of hydrogen-bond donors (Lipinski definition) is 1. The molecule has 0 spiro atoms.